The number of hydrogen-bond acceptors (Lipinski definition) is 3. The lowest BCUT2D eigenvalue weighted by atomic mass is 10.1. The normalized spacial score (nSPS) is 10.8. The number of ether oxygens (including phenoxy) is 1. The molecule has 3 aromatic rings. The third-order valence-electron chi connectivity index (χ3n) is 4.34. The predicted octanol–water partition coefficient (Wildman–Crippen LogP) is 2.73. The minimum Gasteiger partial charge on any atom is -0.497 e. The number of nitrogens with one attached hydrogen (secondary N) is 1. The highest BCUT2D eigenvalue weighted by Crippen LogP contribution is 2.30. The van der Waals surface area contributed by atoms with E-state index >= 15 is 0 Å². The van der Waals surface area contributed by atoms with Crippen molar-refractivity contribution in [3.8, 4) is 5.75 Å². The quantitative estimate of drug-likeness (QED) is 0.726. The molecule has 2 N–H and O–H groups in total. The van der Waals surface area contributed by atoms with Gasteiger partial charge in [0.2, 0.25) is 0 Å². The zero-order valence-electron chi connectivity index (χ0n) is 14.5. The number of methoxy groups -OCH3 is 1. The Morgan fingerprint density at radius 3 is 2.64 bits per heavy atom. The molecule has 0 saturated heterocycles. The van der Waals surface area contributed by atoms with Crippen LogP contribution in [0.4, 0.5) is 0 Å². The number of aliphatic hydroxyl groups is 1. The van der Waals surface area contributed by atoms with Crippen LogP contribution in [0, 0.1) is 6.92 Å². The van der Waals surface area contributed by atoms with E-state index in [9.17, 15) is 4.79 Å². The van der Waals surface area contributed by atoms with E-state index in [-0.39, 0.29) is 19.1 Å². The van der Waals surface area contributed by atoms with Gasteiger partial charge in [-0.2, -0.15) is 0 Å². The van der Waals surface area contributed by atoms with Crippen molar-refractivity contribution in [2.75, 3.05) is 20.3 Å². The minimum absolute atomic E-state index is 0.0865. The summed E-state index contributed by atoms with van der Waals surface area (Å²) in [7, 11) is 1.61. The van der Waals surface area contributed by atoms with Crippen LogP contribution in [0.2, 0.25) is 0 Å². The van der Waals surface area contributed by atoms with Gasteiger partial charge in [0.25, 0.3) is 5.91 Å². The molecule has 0 unspecified atom stereocenters. The van der Waals surface area contributed by atoms with Crippen molar-refractivity contribution in [1.82, 2.24) is 9.88 Å². The lowest BCUT2D eigenvalue weighted by Crippen LogP contribution is -2.27. The number of fused-ring (bicyclic) bond motifs is 1. The molecule has 5 nitrogen and oxygen atoms in total. The molecule has 0 fully saturated rings. The van der Waals surface area contributed by atoms with Crippen molar-refractivity contribution in [3.05, 3.63) is 65.4 Å². The lowest BCUT2D eigenvalue weighted by Gasteiger charge is -2.09. The number of aromatic nitrogens is 1. The summed E-state index contributed by atoms with van der Waals surface area (Å²) in [5, 5.41) is 12.6. The highest BCUT2D eigenvalue weighted by Gasteiger charge is 2.20. The Bertz CT molecular complexity index is 885. The predicted molar refractivity (Wildman–Crippen MR) is 98.2 cm³/mol. The Labute approximate surface area is 146 Å². The van der Waals surface area contributed by atoms with Crippen LogP contribution >= 0.6 is 0 Å². The molecule has 0 aliphatic carbocycles. The van der Waals surface area contributed by atoms with Crippen LogP contribution in [0.15, 0.2) is 48.5 Å². The summed E-state index contributed by atoms with van der Waals surface area (Å²) in [4.78, 5) is 12.6. The standard InChI is InChI=1S/C20H22N2O3/c1-14-19(20(24)21-10-11-23)17-12-16(25-2)8-9-18(17)22(14)13-15-6-4-3-5-7-15/h3-9,12,23H,10-11,13H2,1-2H3,(H,21,24). The second-order valence-corrected chi connectivity index (χ2v) is 5.89. The molecule has 130 valence electrons. The number of carbonyl (C=O) groups is 1. The molecule has 2 aromatic carbocycles. The van der Waals surface area contributed by atoms with E-state index in [0.29, 0.717) is 17.9 Å². The number of carbonyl (C=O) groups excluding carboxylic acids is 1. The molecule has 0 spiro atoms. The minimum atomic E-state index is -0.184. The fourth-order valence-electron chi connectivity index (χ4n) is 3.10. The van der Waals surface area contributed by atoms with E-state index < -0.39 is 0 Å². The summed E-state index contributed by atoms with van der Waals surface area (Å²) in [6, 6.07) is 15.9. The van der Waals surface area contributed by atoms with E-state index in [4.69, 9.17) is 9.84 Å². The van der Waals surface area contributed by atoms with Gasteiger partial charge < -0.3 is 19.7 Å². The third kappa shape index (κ3) is 3.37. The zero-order valence-corrected chi connectivity index (χ0v) is 14.5. The molecule has 0 radical (unpaired) electrons. The van der Waals surface area contributed by atoms with Crippen molar-refractivity contribution in [2.45, 2.75) is 13.5 Å². The Hall–Kier alpha value is -2.79. The molecule has 1 heterocycles. The van der Waals surface area contributed by atoms with Crippen LogP contribution in [0.3, 0.4) is 0 Å². The van der Waals surface area contributed by atoms with Crippen molar-refractivity contribution >= 4 is 16.8 Å². The van der Waals surface area contributed by atoms with E-state index in [0.717, 1.165) is 16.6 Å². The van der Waals surface area contributed by atoms with Crippen LogP contribution in [0.5, 0.6) is 5.75 Å². The lowest BCUT2D eigenvalue weighted by molar-refractivity contribution is 0.0945. The molecule has 0 bridgehead atoms. The van der Waals surface area contributed by atoms with Gasteiger partial charge in [0.15, 0.2) is 0 Å². The van der Waals surface area contributed by atoms with Gasteiger partial charge in [0.05, 0.1) is 19.3 Å². The molecule has 3 rings (SSSR count). The highest BCUT2D eigenvalue weighted by atomic mass is 16.5. The first-order valence-electron chi connectivity index (χ1n) is 8.25. The zero-order chi connectivity index (χ0) is 17.8. The van der Waals surface area contributed by atoms with Gasteiger partial charge >= 0.3 is 0 Å². The first kappa shape index (κ1) is 17.0. The van der Waals surface area contributed by atoms with E-state index in [1.807, 2.05) is 43.3 Å². The Balaban J connectivity index is 2.13. The number of hydrogen-bond donors (Lipinski definition) is 2. The van der Waals surface area contributed by atoms with Crippen molar-refractivity contribution < 1.29 is 14.6 Å². The number of rotatable bonds is 6. The third-order valence-corrected chi connectivity index (χ3v) is 4.34. The first-order valence-corrected chi connectivity index (χ1v) is 8.25. The maximum atomic E-state index is 12.6. The van der Waals surface area contributed by atoms with Crippen LogP contribution in [0.1, 0.15) is 21.6 Å². The Morgan fingerprint density at radius 1 is 1.20 bits per heavy atom. The van der Waals surface area contributed by atoms with Gasteiger partial charge in [-0.3, -0.25) is 4.79 Å². The summed E-state index contributed by atoms with van der Waals surface area (Å²) < 4.78 is 7.46. The second kappa shape index (κ2) is 7.40. The summed E-state index contributed by atoms with van der Waals surface area (Å²) >= 11 is 0. The van der Waals surface area contributed by atoms with E-state index in [1.165, 1.54) is 5.56 Å². The number of benzene rings is 2. The van der Waals surface area contributed by atoms with Gasteiger partial charge in [-0.15, -0.1) is 0 Å². The summed E-state index contributed by atoms with van der Waals surface area (Å²) in [5.41, 5.74) is 3.66. The molecule has 1 amide bonds. The molecular weight excluding hydrogens is 316 g/mol. The molecule has 0 atom stereocenters. The molecule has 5 heteroatoms. The largest absolute Gasteiger partial charge is 0.497 e. The molecule has 0 aliphatic heterocycles. The van der Waals surface area contributed by atoms with Gasteiger partial charge in [0, 0.05) is 29.7 Å². The monoisotopic (exact) mass is 338 g/mol. The van der Waals surface area contributed by atoms with Crippen molar-refractivity contribution in [2.24, 2.45) is 0 Å². The number of nitrogens with zero attached hydrogens (tertiary/aromatic N) is 1. The first-order chi connectivity index (χ1) is 12.2. The average molecular weight is 338 g/mol. The summed E-state index contributed by atoms with van der Waals surface area (Å²) in [6.07, 6.45) is 0. The van der Waals surface area contributed by atoms with E-state index in [2.05, 4.69) is 22.0 Å². The maximum absolute atomic E-state index is 12.6. The Kier molecular flexibility index (Phi) is 5.05. The second-order valence-electron chi connectivity index (χ2n) is 5.89. The van der Waals surface area contributed by atoms with Crippen LogP contribution in [-0.2, 0) is 6.54 Å². The molecule has 25 heavy (non-hydrogen) atoms. The van der Waals surface area contributed by atoms with E-state index in [1.54, 1.807) is 7.11 Å². The average Bonchev–Trinajstić information content (AvgIpc) is 2.91. The number of amides is 1. The smallest absolute Gasteiger partial charge is 0.253 e. The molecular formula is C20H22N2O3. The van der Waals surface area contributed by atoms with Crippen molar-refractivity contribution in [3.63, 3.8) is 0 Å². The maximum Gasteiger partial charge on any atom is 0.253 e. The van der Waals surface area contributed by atoms with Gasteiger partial charge in [-0.05, 0) is 30.7 Å². The molecule has 0 aliphatic rings. The van der Waals surface area contributed by atoms with Crippen LogP contribution in [0.25, 0.3) is 10.9 Å². The number of aliphatic hydroxyl groups excluding tert-OH is 1. The fraction of sp³-hybridized carbons (Fsp3) is 0.250. The molecule has 0 saturated carbocycles. The van der Waals surface area contributed by atoms with Crippen molar-refractivity contribution in [1.29, 1.82) is 0 Å². The van der Waals surface area contributed by atoms with Gasteiger partial charge in [0.1, 0.15) is 5.75 Å². The van der Waals surface area contributed by atoms with Crippen LogP contribution in [-0.4, -0.2) is 35.8 Å². The topological polar surface area (TPSA) is 63.5 Å². The summed E-state index contributed by atoms with van der Waals surface area (Å²) in [6.45, 7) is 2.77. The fourth-order valence-corrected chi connectivity index (χ4v) is 3.10. The summed E-state index contributed by atoms with van der Waals surface area (Å²) in [5.74, 6) is 0.525. The SMILES string of the molecule is COc1ccc2c(c1)c(C(=O)NCCO)c(C)n2Cc1ccccc1. The highest BCUT2D eigenvalue weighted by molar-refractivity contribution is 6.08. The van der Waals surface area contributed by atoms with Crippen LogP contribution < -0.4 is 10.1 Å². The van der Waals surface area contributed by atoms with Gasteiger partial charge in [-0.1, -0.05) is 30.3 Å². The van der Waals surface area contributed by atoms with Gasteiger partial charge in [-0.25, -0.2) is 0 Å². The molecule has 1 aromatic heterocycles. The Morgan fingerprint density at radius 2 is 1.96 bits per heavy atom.